The van der Waals surface area contributed by atoms with E-state index in [0.29, 0.717) is 6.42 Å². The van der Waals surface area contributed by atoms with Crippen molar-refractivity contribution in [3.8, 4) is 11.8 Å². The maximum Gasteiger partial charge on any atom is 0.311 e. The van der Waals surface area contributed by atoms with Crippen molar-refractivity contribution in [3.63, 3.8) is 0 Å². The van der Waals surface area contributed by atoms with Gasteiger partial charge in [-0.25, -0.2) is 0 Å². The van der Waals surface area contributed by atoms with Crippen LogP contribution >= 0.6 is 15.9 Å². The fraction of sp³-hybridized carbons (Fsp3) is 0.400. The lowest BCUT2D eigenvalue weighted by molar-refractivity contribution is -0.138. The number of halogens is 1. The number of benzene rings is 1. The van der Waals surface area contributed by atoms with E-state index in [0.717, 1.165) is 10.0 Å². The van der Waals surface area contributed by atoms with Crippen LogP contribution in [0.5, 0.6) is 0 Å². The van der Waals surface area contributed by atoms with Gasteiger partial charge in [0.2, 0.25) is 0 Å². The molecule has 96 valence electrons. The Morgan fingerprint density at radius 2 is 2.00 bits per heavy atom. The van der Waals surface area contributed by atoms with E-state index in [9.17, 15) is 9.90 Å². The molecule has 0 heterocycles. The predicted octanol–water partition coefficient (Wildman–Crippen LogP) is 4.06. The molecule has 1 aromatic rings. The molecule has 0 aliphatic rings. The molecule has 1 rings (SSSR count). The van der Waals surface area contributed by atoms with Crippen LogP contribution in [0.15, 0.2) is 28.7 Å². The highest BCUT2D eigenvalue weighted by atomic mass is 79.9. The summed E-state index contributed by atoms with van der Waals surface area (Å²) in [7, 11) is 0. The van der Waals surface area contributed by atoms with Crippen LogP contribution in [0, 0.1) is 17.3 Å². The number of aliphatic carboxylic acids is 1. The summed E-state index contributed by atoms with van der Waals surface area (Å²) in [5.41, 5.74) is 0.671. The van der Waals surface area contributed by atoms with Crippen molar-refractivity contribution in [2.45, 2.75) is 33.1 Å². The normalized spacial score (nSPS) is 12.4. The van der Waals surface area contributed by atoms with Gasteiger partial charge in [-0.1, -0.05) is 40.0 Å². The Morgan fingerprint density at radius 1 is 1.39 bits per heavy atom. The molecule has 0 aliphatic heterocycles. The van der Waals surface area contributed by atoms with Crippen LogP contribution in [-0.2, 0) is 4.79 Å². The highest BCUT2D eigenvalue weighted by Crippen LogP contribution is 2.27. The fourth-order valence-corrected chi connectivity index (χ4v) is 2.07. The minimum atomic E-state index is -0.842. The van der Waals surface area contributed by atoms with Crippen molar-refractivity contribution in [1.82, 2.24) is 0 Å². The lowest BCUT2D eigenvalue weighted by Crippen LogP contribution is -2.12. The van der Waals surface area contributed by atoms with E-state index in [1.165, 1.54) is 0 Å². The number of carbonyl (C=O) groups is 1. The molecule has 0 spiro atoms. The van der Waals surface area contributed by atoms with Gasteiger partial charge in [-0.2, -0.15) is 0 Å². The molecule has 1 atom stereocenters. The number of hydrogen-bond donors (Lipinski definition) is 1. The Labute approximate surface area is 117 Å². The van der Waals surface area contributed by atoms with Gasteiger partial charge in [-0.15, -0.1) is 5.92 Å². The minimum Gasteiger partial charge on any atom is -0.481 e. The molecule has 0 amide bonds. The third-order valence-electron chi connectivity index (χ3n) is 2.35. The molecule has 0 aliphatic carbocycles. The van der Waals surface area contributed by atoms with Crippen molar-refractivity contribution in [2.75, 3.05) is 0 Å². The maximum absolute atomic E-state index is 11.3. The Kier molecular flexibility index (Phi) is 4.98. The van der Waals surface area contributed by atoms with Crippen molar-refractivity contribution in [3.05, 3.63) is 34.3 Å². The van der Waals surface area contributed by atoms with Gasteiger partial charge in [0.05, 0.1) is 5.92 Å². The van der Waals surface area contributed by atoms with Gasteiger partial charge < -0.3 is 5.11 Å². The molecule has 0 aromatic heterocycles. The summed E-state index contributed by atoms with van der Waals surface area (Å²) in [6.45, 7) is 6.02. The molecule has 1 unspecified atom stereocenters. The zero-order chi connectivity index (χ0) is 13.8. The Balaban J connectivity index is 2.95. The molecular weight excluding hydrogens is 292 g/mol. The van der Waals surface area contributed by atoms with Gasteiger partial charge in [0, 0.05) is 16.3 Å². The zero-order valence-corrected chi connectivity index (χ0v) is 12.4. The monoisotopic (exact) mass is 308 g/mol. The van der Waals surface area contributed by atoms with Crippen LogP contribution in [-0.4, -0.2) is 11.1 Å². The van der Waals surface area contributed by atoms with Crippen molar-refractivity contribution < 1.29 is 9.90 Å². The SMILES string of the molecule is CC(C)(C)C#CCC(C(=O)O)c1ccccc1Br. The summed E-state index contributed by atoms with van der Waals surface area (Å²) in [6.07, 6.45) is 0.329. The molecule has 2 nitrogen and oxygen atoms in total. The van der Waals surface area contributed by atoms with Crippen LogP contribution in [0.2, 0.25) is 0 Å². The average Bonchev–Trinajstić information content (AvgIpc) is 2.24. The first-order chi connectivity index (χ1) is 8.31. The summed E-state index contributed by atoms with van der Waals surface area (Å²) in [4.78, 5) is 11.3. The standard InChI is InChI=1S/C15H17BrO2/c1-15(2,3)10-6-8-12(14(17)18)11-7-4-5-9-13(11)16/h4-5,7,9,12H,8H2,1-3H3,(H,17,18). The van der Waals surface area contributed by atoms with Gasteiger partial charge in [0.1, 0.15) is 0 Å². The van der Waals surface area contributed by atoms with Crippen LogP contribution < -0.4 is 0 Å². The topological polar surface area (TPSA) is 37.3 Å². The third-order valence-corrected chi connectivity index (χ3v) is 3.07. The molecule has 1 aromatic carbocycles. The largest absolute Gasteiger partial charge is 0.481 e. The van der Waals surface area contributed by atoms with Crippen LogP contribution in [0.3, 0.4) is 0 Å². The molecule has 18 heavy (non-hydrogen) atoms. The summed E-state index contributed by atoms with van der Waals surface area (Å²) in [5, 5.41) is 9.29. The van der Waals surface area contributed by atoms with Crippen molar-refractivity contribution in [1.29, 1.82) is 0 Å². The predicted molar refractivity (Wildman–Crippen MR) is 76.4 cm³/mol. The van der Waals surface area contributed by atoms with Crippen molar-refractivity contribution in [2.24, 2.45) is 5.41 Å². The lowest BCUT2D eigenvalue weighted by atomic mass is 9.93. The Morgan fingerprint density at radius 3 is 2.50 bits per heavy atom. The van der Waals surface area contributed by atoms with E-state index in [2.05, 4.69) is 27.8 Å². The fourth-order valence-electron chi connectivity index (χ4n) is 1.51. The molecule has 0 bridgehead atoms. The van der Waals surface area contributed by atoms with Crippen LogP contribution in [0.25, 0.3) is 0 Å². The van der Waals surface area contributed by atoms with Crippen molar-refractivity contribution >= 4 is 21.9 Å². The summed E-state index contributed by atoms with van der Waals surface area (Å²) < 4.78 is 0.815. The first-order valence-electron chi connectivity index (χ1n) is 5.78. The average molecular weight is 309 g/mol. The quantitative estimate of drug-likeness (QED) is 0.855. The molecule has 0 radical (unpaired) electrons. The second kappa shape index (κ2) is 6.06. The Hall–Kier alpha value is -1.27. The van der Waals surface area contributed by atoms with Crippen LogP contribution in [0.1, 0.15) is 38.7 Å². The number of rotatable bonds is 3. The highest BCUT2D eigenvalue weighted by Gasteiger charge is 2.20. The second-order valence-corrected chi connectivity index (χ2v) is 6.02. The molecule has 0 fully saturated rings. The molecule has 0 saturated carbocycles. The van der Waals surface area contributed by atoms with E-state index in [1.807, 2.05) is 45.0 Å². The number of carboxylic acid groups (broad SMARTS) is 1. The van der Waals surface area contributed by atoms with E-state index < -0.39 is 11.9 Å². The summed E-state index contributed by atoms with van der Waals surface area (Å²) in [6, 6.07) is 7.38. The zero-order valence-electron chi connectivity index (χ0n) is 10.8. The van der Waals surface area contributed by atoms with Gasteiger partial charge >= 0.3 is 5.97 Å². The van der Waals surface area contributed by atoms with E-state index in [1.54, 1.807) is 0 Å². The van der Waals surface area contributed by atoms with Gasteiger partial charge in [-0.05, 0) is 32.4 Å². The summed E-state index contributed by atoms with van der Waals surface area (Å²) in [5.74, 6) is 4.62. The number of carboxylic acids is 1. The van der Waals surface area contributed by atoms with Gasteiger partial charge in [0.25, 0.3) is 0 Å². The molecule has 0 saturated heterocycles. The molecule has 1 N–H and O–H groups in total. The molecule has 3 heteroatoms. The van der Waals surface area contributed by atoms with Gasteiger partial charge in [-0.3, -0.25) is 4.79 Å². The smallest absolute Gasteiger partial charge is 0.311 e. The first kappa shape index (κ1) is 14.8. The number of hydrogen-bond acceptors (Lipinski definition) is 1. The Bertz CT molecular complexity index is 489. The van der Waals surface area contributed by atoms with Crippen LogP contribution in [0.4, 0.5) is 0 Å². The van der Waals surface area contributed by atoms with E-state index in [4.69, 9.17) is 0 Å². The molecular formula is C15H17BrO2. The van der Waals surface area contributed by atoms with E-state index >= 15 is 0 Å². The minimum absolute atomic E-state index is 0.100. The highest BCUT2D eigenvalue weighted by molar-refractivity contribution is 9.10. The van der Waals surface area contributed by atoms with Gasteiger partial charge in [0.15, 0.2) is 0 Å². The lowest BCUT2D eigenvalue weighted by Gasteiger charge is -2.12. The maximum atomic E-state index is 11.3. The first-order valence-corrected chi connectivity index (χ1v) is 6.58. The third kappa shape index (κ3) is 4.54. The van der Waals surface area contributed by atoms with E-state index in [-0.39, 0.29) is 5.41 Å². The summed E-state index contributed by atoms with van der Waals surface area (Å²) >= 11 is 3.39. The second-order valence-electron chi connectivity index (χ2n) is 5.17.